The minimum atomic E-state index is -0.000417. The maximum Gasteiger partial charge on any atom is 0.193 e. The number of aromatic nitrogens is 1. The quantitative estimate of drug-likeness (QED) is 0.585. The smallest absolute Gasteiger partial charge is 0.193 e. The minimum Gasteiger partial charge on any atom is -0.399 e. The molecule has 1 rings (SSSR count). The Labute approximate surface area is 82.6 Å². The van der Waals surface area contributed by atoms with E-state index in [2.05, 4.69) is 15.0 Å². The van der Waals surface area contributed by atoms with Crippen LogP contribution in [0.4, 0.5) is 0 Å². The second-order valence-corrected chi connectivity index (χ2v) is 3.27. The van der Waals surface area contributed by atoms with Gasteiger partial charge < -0.3 is 9.82 Å². The van der Waals surface area contributed by atoms with Crippen molar-refractivity contribution in [3.05, 3.63) is 33.7 Å². The van der Waals surface area contributed by atoms with E-state index in [1.807, 2.05) is 13.8 Å². The van der Waals surface area contributed by atoms with Crippen LogP contribution < -0.4 is 5.43 Å². The van der Waals surface area contributed by atoms with E-state index < -0.39 is 0 Å². The molecule has 0 saturated carbocycles. The zero-order valence-electron chi connectivity index (χ0n) is 8.57. The second-order valence-electron chi connectivity index (χ2n) is 3.27. The molecule has 0 aliphatic carbocycles. The van der Waals surface area contributed by atoms with Crippen molar-refractivity contribution < 1.29 is 4.84 Å². The maximum absolute atomic E-state index is 11.7. The zero-order chi connectivity index (χ0) is 10.6. The normalized spacial score (nSPS) is 11.1. The van der Waals surface area contributed by atoms with Crippen LogP contribution >= 0.6 is 0 Å². The molecule has 76 valence electrons. The van der Waals surface area contributed by atoms with Gasteiger partial charge in [-0.1, -0.05) is 19.0 Å². The molecule has 1 aromatic rings. The molecule has 1 N–H and O–H groups in total. The first-order valence-corrected chi connectivity index (χ1v) is 4.44. The minimum absolute atomic E-state index is 0.000417. The lowest BCUT2D eigenvalue weighted by molar-refractivity contribution is 0.215. The van der Waals surface area contributed by atoms with Crippen molar-refractivity contribution in [3.63, 3.8) is 0 Å². The third-order valence-electron chi connectivity index (χ3n) is 1.92. The number of nitrogens with zero attached hydrogens (tertiary/aromatic N) is 1. The monoisotopic (exact) mass is 194 g/mol. The summed E-state index contributed by atoms with van der Waals surface area (Å²) in [5, 5.41) is 3.56. The first kappa shape index (κ1) is 10.5. The third-order valence-corrected chi connectivity index (χ3v) is 1.92. The molecule has 0 aliphatic rings. The Hall–Kier alpha value is -1.58. The van der Waals surface area contributed by atoms with Gasteiger partial charge in [-0.05, 0) is 5.92 Å². The van der Waals surface area contributed by atoms with Crippen molar-refractivity contribution in [2.75, 3.05) is 7.11 Å². The Morgan fingerprint density at radius 1 is 1.50 bits per heavy atom. The molecule has 0 amide bonds. The van der Waals surface area contributed by atoms with Crippen LogP contribution in [0.5, 0.6) is 0 Å². The predicted octanol–water partition coefficient (Wildman–Crippen LogP) is 1.48. The summed E-state index contributed by atoms with van der Waals surface area (Å²) in [5.74, 6) is 0.203. The SMILES string of the molecule is CO/N=C/c1c[nH]cc(C(C)C)c1=O. The van der Waals surface area contributed by atoms with Crippen molar-refractivity contribution in [1.29, 1.82) is 0 Å². The van der Waals surface area contributed by atoms with Crippen molar-refractivity contribution in [2.24, 2.45) is 5.16 Å². The number of rotatable bonds is 3. The molecule has 1 aromatic heterocycles. The highest BCUT2D eigenvalue weighted by Crippen LogP contribution is 2.07. The lowest BCUT2D eigenvalue weighted by atomic mass is 10.0. The summed E-state index contributed by atoms with van der Waals surface area (Å²) in [6.07, 6.45) is 4.73. The molecule has 4 heteroatoms. The van der Waals surface area contributed by atoms with Gasteiger partial charge in [-0.2, -0.15) is 0 Å². The summed E-state index contributed by atoms with van der Waals surface area (Å²) >= 11 is 0. The summed E-state index contributed by atoms with van der Waals surface area (Å²) in [4.78, 5) is 19.2. The molecular formula is C10H14N2O2. The van der Waals surface area contributed by atoms with Crippen LogP contribution in [-0.4, -0.2) is 18.3 Å². The molecule has 0 aromatic carbocycles. The van der Waals surface area contributed by atoms with E-state index in [1.165, 1.54) is 13.3 Å². The van der Waals surface area contributed by atoms with Crippen molar-refractivity contribution in [2.45, 2.75) is 19.8 Å². The highest BCUT2D eigenvalue weighted by atomic mass is 16.6. The second kappa shape index (κ2) is 4.60. The van der Waals surface area contributed by atoms with Crippen LogP contribution in [0.1, 0.15) is 30.9 Å². The van der Waals surface area contributed by atoms with Gasteiger partial charge in [-0.15, -0.1) is 0 Å². The first-order valence-electron chi connectivity index (χ1n) is 4.44. The molecule has 0 saturated heterocycles. The van der Waals surface area contributed by atoms with E-state index in [1.54, 1.807) is 12.4 Å². The molecule has 0 radical (unpaired) electrons. The lowest BCUT2D eigenvalue weighted by Crippen LogP contribution is -2.15. The van der Waals surface area contributed by atoms with Gasteiger partial charge in [-0.25, -0.2) is 0 Å². The van der Waals surface area contributed by atoms with Crippen LogP contribution in [0.25, 0.3) is 0 Å². The average Bonchev–Trinajstić information content (AvgIpc) is 2.16. The molecule has 14 heavy (non-hydrogen) atoms. The van der Waals surface area contributed by atoms with Crippen molar-refractivity contribution in [3.8, 4) is 0 Å². The number of oxime groups is 1. The standard InChI is InChI=1S/C10H14N2O2/c1-7(2)9-6-11-4-8(10(9)13)5-12-14-3/h4-7H,1-3H3,(H,11,13)/b12-5+. The van der Waals surface area contributed by atoms with Gasteiger partial charge in [0.2, 0.25) is 0 Å². The van der Waals surface area contributed by atoms with E-state index in [0.717, 1.165) is 5.56 Å². The summed E-state index contributed by atoms with van der Waals surface area (Å²) in [7, 11) is 1.44. The number of hydrogen-bond acceptors (Lipinski definition) is 3. The molecular weight excluding hydrogens is 180 g/mol. The summed E-state index contributed by atoms with van der Waals surface area (Å²) < 4.78 is 0. The molecule has 0 atom stereocenters. The number of pyridine rings is 1. The molecule has 0 fully saturated rings. The molecule has 4 nitrogen and oxygen atoms in total. The van der Waals surface area contributed by atoms with Crippen molar-refractivity contribution in [1.82, 2.24) is 4.98 Å². The third kappa shape index (κ3) is 2.22. The number of hydrogen-bond donors (Lipinski definition) is 1. The fourth-order valence-corrected chi connectivity index (χ4v) is 1.15. The number of H-pyrrole nitrogens is 1. The maximum atomic E-state index is 11.7. The zero-order valence-corrected chi connectivity index (χ0v) is 8.57. The average molecular weight is 194 g/mol. The van der Waals surface area contributed by atoms with E-state index in [9.17, 15) is 4.79 Å². The summed E-state index contributed by atoms with van der Waals surface area (Å²) in [5.41, 5.74) is 1.27. The van der Waals surface area contributed by atoms with Crippen LogP contribution in [0, 0.1) is 0 Å². The van der Waals surface area contributed by atoms with Gasteiger partial charge in [-0.3, -0.25) is 4.79 Å². The van der Waals surface area contributed by atoms with E-state index in [4.69, 9.17) is 0 Å². The van der Waals surface area contributed by atoms with E-state index >= 15 is 0 Å². The van der Waals surface area contributed by atoms with Gasteiger partial charge in [0.15, 0.2) is 5.43 Å². The van der Waals surface area contributed by atoms with Gasteiger partial charge in [0.1, 0.15) is 7.11 Å². The van der Waals surface area contributed by atoms with Crippen molar-refractivity contribution >= 4 is 6.21 Å². The molecule has 1 heterocycles. The van der Waals surface area contributed by atoms with Gasteiger partial charge in [0, 0.05) is 18.0 Å². The highest BCUT2D eigenvalue weighted by Gasteiger charge is 2.06. The Bertz CT molecular complexity index is 380. The van der Waals surface area contributed by atoms with Gasteiger partial charge in [0.25, 0.3) is 0 Å². The van der Waals surface area contributed by atoms with E-state index in [-0.39, 0.29) is 11.3 Å². The Morgan fingerprint density at radius 3 is 2.79 bits per heavy atom. The predicted molar refractivity (Wildman–Crippen MR) is 55.8 cm³/mol. The molecule has 0 aliphatic heterocycles. The summed E-state index contributed by atoms with van der Waals surface area (Å²) in [6, 6.07) is 0. The van der Waals surface area contributed by atoms with Crippen LogP contribution in [0.15, 0.2) is 22.3 Å². The Balaban J connectivity index is 3.14. The first-order chi connectivity index (χ1) is 6.66. The van der Waals surface area contributed by atoms with Crippen LogP contribution in [-0.2, 0) is 4.84 Å². The molecule has 0 spiro atoms. The summed E-state index contributed by atoms with van der Waals surface area (Å²) in [6.45, 7) is 3.95. The topological polar surface area (TPSA) is 54.4 Å². The van der Waals surface area contributed by atoms with Crippen LogP contribution in [0.2, 0.25) is 0 Å². The largest absolute Gasteiger partial charge is 0.399 e. The highest BCUT2D eigenvalue weighted by molar-refractivity contribution is 5.78. The van der Waals surface area contributed by atoms with Gasteiger partial charge >= 0.3 is 0 Å². The van der Waals surface area contributed by atoms with Gasteiger partial charge in [0.05, 0.1) is 11.8 Å². The fourth-order valence-electron chi connectivity index (χ4n) is 1.15. The number of aromatic amines is 1. The lowest BCUT2D eigenvalue weighted by Gasteiger charge is -2.03. The molecule has 0 bridgehead atoms. The van der Waals surface area contributed by atoms with Crippen LogP contribution in [0.3, 0.4) is 0 Å². The number of nitrogens with one attached hydrogen (secondary N) is 1. The molecule has 0 unspecified atom stereocenters. The fraction of sp³-hybridized carbons (Fsp3) is 0.400. The van der Waals surface area contributed by atoms with E-state index in [0.29, 0.717) is 5.56 Å². The Kier molecular flexibility index (Phi) is 3.45. The Morgan fingerprint density at radius 2 is 2.21 bits per heavy atom.